The Bertz CT molecular complexity index is 1580. The van der Waals surface area contributed by atoms with Gasteiger partial charge in [0, 0.05) is 22.8 Å². The van der Waals surface area contributed by atoms with Crippen LogP contribution in [0.2, 0.25) is 0 Å². The molecule has 0 aliphatic heterocycles. The van der Waals surface area contributed by atoms with Gasteiger partial charge in [-0.2, -0.15) is 5.26 Å². The molecule has 0 atom stereocenters. The Labute approximate surface area is 185 Å². The Hall–Kier alpha value is -4.34. The summed E-state index contributed by atoms with van der Waals surface area (Å²) in [7, 11) is 0. The van der Waals surface area contributed by atoms with Crippen LogP contribution in [0.15, 0.2) is 76.7 Å². The average Bonchev–Trinajstić information content (AvgIpc) is 3.45. The van der Waals surface area contributed by atoms with Crippen molar-refractivity contribution in [3.63, 3.8) is 0 Å². The van der Waals surface area contributed by atoms with Crippen LogP contribution in [0, 0.1) is 11.3 Å². The Morgan fingerprint density at radius 3 is 2.16 bits per heavy atom. The van der Waals surface area contributed by atoms with Crippen LogP contribution < -0.4 is 0 Å². The molecule has 0 radical (unpaired) electrons. The number of nitrogens with zero attached hydrogens (tertiary/aromatic N) is 2. The minimum absolute atomic E-state index is 0.124. The zero-order valence-electron chi connectivity index (χ0n) is 16.5. The molecule has 6 heteroatoms. The molecule has 0 saturated heterocycles. The van der Waals surface area contributed by atoms with Gasteiger partial charge in [-0.1, -0.05) is 24.3 Å². The number of carbonyl (C=O) groups is 2. The lowest BCUT2D eigenvalue weighted by Crippen LogP contribution is -2.00. The van der Waals surface area contributed by atoms with Gasteiger partial charge >= 0.3 is 0 Å². The normalized spacial score (nSPS) is 13.0. The van der Waals surface area contributed by atoms with E-state index in [-0.39, 0.29) is 17.1 Å². The molecule has 0 fully saturated rings. The van der Waals surface area contributed by atoms with E-state index in [0.717, 1.165) is 21.0 Å². The van der Waals surface area contributed by atoms with Gasteiger partial charge in [0.05, 0.1) is 21.9 Å². The first kappa shape index (κ1) is 18.4. The van der Waals surface area contributed by atoms with Crippen LogP contribution in [0.25, 0.3) is 38.6 Å². The quantitative estimate of drug-likeness (QED) is 0.251. The summed E-state index contributed by atoms with van der Waals surface area (Å²) in [6.45, 7) is 0. The Morgan fingerprint density at radius 1 is 0.906 bits per heavy atom. The molecule has 0 unspecified atom stereocenters. The number of furan rings is 1. The summed E-state index contributed by atoms with van der Waals surface area (Å²) in [4.78, 5) is 30.3. The number of aromatic nitrogens is 1. The van der Waals surface area contributed by atoms with Gasteiger partial charge in [0.1, 0.15) is 10.8 Å². The molecule has 32 heavy (non-hydrogen) atoms. The van der Waals surface area contributed by atoms with Gasteiger partial charge in [-0.25, -0.2) is 4.98 Å². The predicted molar refractivity (Wildman–Crippen MR) is 123 cm³/mol. The van der Waals surface area contributed by atoms with Gasteiger partial charge in [0.25, 0.3) is 0 Å². The predicted octanol–water partition coefficient (Wildman–Crippen LogP) is 6.04. The molecule has 5 nitrogen and oxygen atoms in total. The lowest BCUT2D eigenvalue weighted by molar-refractivity contribution is 0.0990. The Balaban J connectivity index is 1.36. The van der Waals surface area contributed by atoms with Crippen LogP contribution in [0.4, 0.5) is 0 Å². The third-order valence-corrected chi connectivity index (χ3v) is 6.47. The summed E-state index contributed by atoms with van der Waals surface area (Å²) in [6.07, 6.45) is 1.55. The van der Waals surface area contributed by atoms with Crippen molar-refractivity contribution >= 4 is 50.2 Å². The van der Waals surface area contributed by atoms with Crippen LogP contribution in [-0.4, -0.2) is 16.6 Å². The number of rotatable bonds is 2. The smallest absolute Gasteiger partial charge is 0.238 e. The third kappa shape index (κ3) is 2.80. The number of hydrogen-bond donors (Lipinski definition) is 0. The lowest BCUT2D eigenvalue weighted by Gasteiger charge is -2.00. The molecule has 0 amide bonds. The van der Waals surface area contributed by atoms with E-state index in [9.17, 15) is 9.59 Å². The maximum Gasteiger partial charge on any atom is 0.238 e. The highest BCUT2D eigenvalue weighted by Crippen LogP contribution is 2.35. The molecule has 0 N–H and O–H groups in total. The molecule has 1 aliphatic carbocycles. The molecule has 5 aromatic rings. The van der Waals surface area contributed by atoms with Crippen molar-refractivity contribution in [3.8, 4) is 17.4 Å². The zero-order chi connectivity index (χ0) is 21.8. The van der Waals surface area contributed by atoms with E-state index in [2.05, 4.69) is 11.1 Å². The Morgan fingerprint density at radius 2 is 1.56 bits per heavy atom. The van der Waals surface area contributed by atoms with Crippen LogP contribution in [0.3, 0.4) is 0 Å². The fraction of sp³-hybridized carbons (Fsp3) is 0. The van der Waals surface area contributed by atoms with E-state index in [1.54, 1.807) is 30.3 Å². The van der Waals surface area contributed by atoms with Crippen LogP contribution in [0.5, 0.6) is 0 Å². The standard InChI is InChI=1S/C26H12N2O3S/c27-13-14-5-7-15(8-6-14)21-12-22-26(31-21)28-23(32-22)11-20-24(29)18-9-16-3-1-2-4-17(16)10-19(18)25(20)30/h1-12H. The second-order valence-corrected chi connectivity index (χ2v) is 8.54. The van der Waals surface area contributed by atoms with Gasteiger partial charge in [0.15, 0.2) is 11.6 Å². The van der Waals surface area contributed by atoms with Crippen molar-refractivity contribution in [3.05, 3.63) is 94.0 Å². The topological polar surface area (TPSA) is 84.0 Å². The first-order valence-corrected chi connectivity index (χ1v) is 10.7. The number of fused-ring (bicyclic) bond motifs is 3. The van der Waals surface area contributed by atoms with Gasteiger partial charge in [-0.05, 0) is 53.2 Å². The summed E-state index contributed by atoms with van der Waals surface area (Å²) in [5.74, 6) is 0.0937. The number of nitriles is 1. The summed E-state index contributed by atoms with van der Waals surface area (Å²) >= 11 is 1.36. The molecule has 150 valence electrons. The molecule has 0 spiro atoms. The molecular formula is C26H12N2O3S. The van der Waals surface area contributed by atoms with Gasteiger partial charge in [-0.15, -0.1) is 11.3 Å². The maximum absolute atomic E-state index is 12.9. The highest BCUT2D eigenvalue weighted by molar-refractivity contribution is 7.19. The van der Waals surface area contributed by atoms with Crippen LogP contribution >= 0.6 is 11.3 Å². The van der Waals surface area contributed by atoms with Crippen LogP contribution in [-0.2, 0) is 0 Å². The van der Waals surface area contributed by atoms with E-state index >= 15 is 0 Å². The second kappa shape index (κ2) is 6.84. The van der Waals surface area contributed by atoms with Crippen molar-refractivity contribution in [2.45, 2.75) is 0 Å². The highest BCUT2D eigenvalue weighted by atomic mass is 32.1. The zero-order valence-corrected chi connectivity index (χ0v) is 17.3. The van der Waals surface area contributed by atoms with Gasteiger partial charge < -0.3 is 4.42 Å². The number of hydrogen-bond acceptors (Lipinski definition) is 6. The number of Topliss-reactive ketones (excluding diaryl/α,β-unsaturated/α-hetero) is 2. The minimum atomic E-state index is -0.277. The van der Waals surface area contributed by atoms with Crippen molar-refractivity contribution < 1.29 is 14.0 Å². The van der Waals surface area contributed by atoms with E-state index in [1.807, 2.05) is 42.5 Å². The van der Waals surface area contributed by atoms with E-state index in [4.69, 9.17) is 9.68 Å². The molecule has 0 bridgehead atoms. The Kier molecular flexibility index (Phi) is 3.94. The number of benzene rings is 3. The molecule has 0 saturated carbocycles. The molecule has 1 aliphatic rings. The fourth-order valence-corrected chi connectivity index (χ4v) is 4.80. The molecule has 2 heterocycles. The molecule has 3 aromatic carbocycles. The lowest BCUT2D eigenvalue weighted by atomic mass is 10.0. The number of allylic oxidation sites excluding steroid dienone is 1. The van der Waals surface area contributed by atoms with Crippen molar-refractivity contribution in [2.24, 2.45) is 0 Å². The van der Waals surface area contributed by atoms with Gasteiger partial charge in [0.2, 0.25) is 5.71 Å². The fourth-order valence-electron chi connectivity index (χ4n) is 3.93. The first-order valence-electron chi connectivity index (χ1n) is 9.85. The highest BCUT2D eigenvalue weighted by Gasteiger charge is 2.33. The number of ketones is 2. The SMILES string of the molecule is N#Cc1ccc(-c2cc3sc(C=C4C(=O)c5cc6ccccc6cc5C4=O)nc3o2)cc1. The minimum Gasteiger partial charge on any atom is -0.437 e. The van der Waals surface area contributed by atoms with Crippen molar-refractivity contribution in [2.75, 3.05) is 0 Å². The molecule has 2 aromatic heterocycles. The first-order chi connectivity index (χ1) is 15.6. The second-order valence-electron chi connectivity index (χ2n) is 7.48. The van der Waals surface area contributed by atoms with Crippen molar-refractivity contribution in [1.82, 2.24) is 4.98 Å². The number of carbonyl (C=O) groups excluding carboxylic acids is 2. The largest absolute Gasteiger partial charge is 0.437 e. The average molecular weight is 432 g/mol. The maximum atomic E-state index is 12.9. The van der Waals surface area contributed by atoms with Gasteiger partial charge in [-0.3, -0.25) is 9.59 Å². The van der Waals surface area contributed by atoms with Crippen LogP contribution in [0.1, 0.15) is 31.3 Å². The third-order valence-electron chi connectivity index (χ3n) is 5.54. The van der Waals surface area contributed by atoms with E-state index in [1.165, 1.54) is 11.3 Å². The summed E-state index contributed by atoms with van der Waals surface area (Å²) in [5.41, 5.74) is 2.86. The molecule has 6 rings (SSSR count). The summed E-state index contributed by atoms with van der Waals surface area (Å²) < 4.78 is 6.67. The van der Waals surface area contributed by atoms with E-state index in [0.29, 0.717) is 33.2 Å². The van der Waals surface area contributed by atoms with Crippen molar-refractivity contribution in [1.29, 1.82) is 5.26 Å². The van der Waals surface area contributed by atoms with E-state index < -0.39 is 0 Å². The monoisotopic (exact) mass is 432 g/mol. The summed E-state index contributed by atoms with van der Waals surface area (Å²) in [5, 5.41) is 11.3. The number of thiazole rings is 1. The summed E-state index contributed by atoms with van der Waals surface area (Å²) in [6, 6.07) is 22.3. The molecular weight excluding hydrogens is 420 g/mol.